The van der Waals surface area contributed by atoms with E-state index in [2.05, 4.69) is 4.99 Å². The number of ether oxygens (including phenoxy) is 2. The minimum absolute atomic E-state index is 0.00622. The molecule has 11 heteroatoms. The van der Waals surface area contributed by atoms with E-state index in [0.29, 0.717) is 40.7 Å². The Morgan fingerprint density at radius 3 is 2.20 bits per heavy atom. The van der Waals surface area contributed by atoms with Crippen LogP contribution in [0.1, 0.15) is 43.2 Å². The molecule has 10 nitrogen and oxygen atoms in total. The first-order chi connectivity index (χ1) is 22.2. The van der Waals surface area contributed by atoms with Crippen molar-refractivity contribution in [2.75, 3.05) is 6.54 Å². The second-order valence-corrected chi connectivity index (χ2v) is 12.7. The zero-order valence-corrected chi connectivity index (χ0v) is 26.1. The number of rotatable bonds is 9. The molecule has 0 bridgehead atoms. The summed E-state index contributed by atoms with van der Waals surface area (Å²) in [6.45, 7) is 0.778. The maximum absolute atomic E-state index is 13.6. The second-order valence-electron chi connectivity index (χ2n) is 11.2. The highest BCUT2D eigenvalue weighted by Gasteiger charge is 2.23. The third-order valence-electron chi connectivity index (χ3n) is 7.78. The summed E-state index contributed by atoms with van der Waals surface area (Å²) in [7, 11) is -3.92. The fraction of sp³-hybridized carbons (Fsp3) is 0.229. The average molecular weight is 641 g/mol. The highest BCUT2D eigenvalue weighted by Crippen LogP contribution is 2.29. The molecule has 4 N–H and O–H groups in total. The molecule has 0 heterocycles. The van der Waals surface area contributed by atoms with E-state index in [1.165, 1.54) is 12.5 Å². The standard InChI is InChI=1S/C35H36N4O6S/c36-33(38-34(40)44-29-14-5-2-6-15-29)28-13-9-12-26(22-28)24-39(23-25-10-3-1-4-11-25)35(41)45-30-20-18-27(19-21-30)31-16-7-8-17-32(31)46(37,42)43/h2,5-9,12-22,25H,1,3-4,10-11,23-24H2,(H2,36,38,40)(H2,37,42,43). The summed E-state index contributed by atoms with van der Waals surface area (Å²) in [4.78, 5) is 31.5. The zero-order chi connectivity index (χ0) is 32.5. The molecule has 0 radical (unpaired) electrons. The number of nitrogens with two attached hydrogens (primary N) is 2. The number of carbonyl (C=O) groups is 2. The van der Waals surface area contributed by atoms with Gasteiger partial charge in [-0.3, -0.25) is 0 Å². The quantitative estimate of drug-likeness (QED) is 0.157. The predicted octanol–water partition coefficient (Wildman–Crippen LogP) is 6.49. The first kappa shape index (κ1) is 32.4. The molecule has 1 fully saturated rings. The molecule has 0 atom stereocenters. The van der Waals surface area contributed by atoms with Crippen molar-refractivity contribution in [3.05, 3.63) is 114 Å². The highest BCUT2D eigenvalue weighted by molar-refractivity contribution is 7.89. The maximum atomic E-state index is 13.6. The van der Waals surface area contributed by atoms with Gasteiger partial charge in [0.25, 0.3) is 0 Å². The van der Waals surface area contributed by atoms with Crippen molar-refractivity contribution in [1.82, 2.24) is 4.90 Å². The van der Waals surface area contributed by atoms with Crippen LogP contribution in [0.25, 0.3) is 11.1 Å². The Balaban J connectivity index is 1.31. The number of sulfonamides is 1. The van der Waals surface area contributed by atoms with Gasteiger partial charge in [-0.15, -0.1) is 0 Å². The van der Waals surface area contributed by atoms with Crippen LogP contribution >= 0.6 is 0 Å². The molecule has 2 amide bonds. The molecule has 0 aromatic heterocycles. The Labute approximate surface area is 268 Å². The average Bonchev–Trinajstić information content (AvgIpc) is 3.05. The SMILES string of the molecule is NC(=NC(=O)Oc1ccccc1)c1cccc(CN(CC2CCCCC2)C(=O)Oc2ccc(-c3ccccc3S(N)(=O)=O)cc2)c1. The molecule has 1 saturated carbocycles. The number of amidine groups is 1. The summed E-state index contributed by atoms with van der Waals surface area (Å²) in [6, 6.07) is 28.8. The maximum Gasteiger partial charge on any atom is 0.441 e. The molecule has 0 saturated heterocycles. The Morgan fingerprint density at radius 2 is 1.48 bits per heavy atom. The molecule has 0 aliphatic heterocycles. The third-order valence-corrected chi connectivity index (χ3v) is 8.75. The molecule has 5 rings (SSSR count). The van der Waals surface area contributed by atoms with Gasteiger partial charge in [0.15, 0.2) is 0 Å². The topological polar surface area (TPSA) is 154 Å². The van der Waals surface area contributed by atoms with Gasteiger partial charge in [-0.05, 0) is 66.3 Å². The minimum Gasteiger partial charge on any atom is -0.410 e. The lowest BCUT2D eigenvalue weighted by Gasteiger charge is -2.29. The van der Waals surface area contributed by atoms with Crippen molar-refractivity contribution in [1.29, 1.82) is 0 Å². The van der Waals surface area contributed by atoms with Gasteiger partial charge in [-0.1, -0.05) is 86.0 Å². The van der Waals surface area contributed by atoms with E-state index in [9.17, 15) is 18.0 Å². The van der Waals surface area contributed by atoms with Crippen LogP contribution in [0.15, 0.2) is 113 Å². The fourth-order valence-corrected chi connectivity index (χ4v) is 6.29. The summed E-state index contributed by atoms with van der Waals surface area (Å²) in [5, 5.41) is 5.40. The van der Waals surface area contributed by atoms with E-state index in [1.807, 2.05) is 12.1 Å². The number of hydrogen-bond acceptors (Lipinski definition) is 6. The van der Waals surface area contributed by atoms with Crippen LogP contribution in [0.3, 0.4) is 0 Å². The lowest BCUT2D eigenvalue weighted by molar-refractivity contribution is 0.134. The van der Waals surface area contributed by atoms with E-state index in [4.69, 9.17) is 20.3 Å². The number of amides is 2. The zero-order valence-electron chi connectivity index (χ0n) is 25.2. The van der Waals surface area contributed by atoms with Gasteiger partial charge < -0.3 is 20.1 Å². The largest absolute Gasteiger partial charge is 0.441 e. The number of para-hydroxylation sites is 1. The molecule has 0 unspecified atom stereocenters. The number of carbonyl (C=O) groups excluding carboxylic acids is 2. The third kappa shape index (κ3) is 8.80. The molecule has 238 valence electrons. The Hall–Kier alpha value is -5.00. The van der Waals surface area contributed by atoms with Crippen molar-refractivity contribution in [2.24, 2.45) is 21.8 Å². The fourth-order valence-electron chi connectivity index (χ4n) is 5.53. The van der Waals surface area contributed by atoms with Crippen LogP contribution in [-0.2, 0) is 16.6 Å². The van der Waals surface area contributed by atoms with E-state index in [-0.39, 0.29) is 17.3 Å². The van der Waals surface area contributed by atoms with E-state index >= 15 is 0 Å². The first-order valence-electron chi connectivity index (χ1n) is 15.0. The van der Waals surface area contributed by atoms with Crippen LogP contribution in [0.4, 0.5) is 9.59 Å². The second kappa shape index (κ2) is 14.9. The van der Waals surface area contributed by atoms with E-state index in [0.717, 1.165) is 31.2 Å². The van der Waals surface area contributed by atoms with Crippen LogP contribution < -0.4 is 20.3 Å². The molecular weight excluding hydrogens is 604 g/mol. The Bertz CT molecular complexity index is 1800. The van der Waals surface area contributed by atoms with Crippen molar-refractivity contribution in [3.8, 4) is 22.6 Å². The van der Waals surface area contributed by atoms with E-state index < -0.39 is 22.2 Å². The van der Waals surface area contributed by atoms with Crippen molar-refractivity contribution < 1.29 is 27.5 Å². The van der Waals surface area contributed by atoms with Gasteiger partial charge in [0, 0.05) is 24.2 Å². The highest BCUT2D eigenvalue weighted by atomic mass is 32.2. The van der Waals surface area contributed by atoms with Crippen LogP contribution in [0, 0.1) is 5.92 Å². The Morgan fingerprint density at radius 1 is 0.804 bits per heavy atom. The van der Waals surface area contributed by atoms with E-state index in [1.54, 1.807) is 89.8 Å². The molecular formula is C35H36N4O6S. The normalized spacial score (nSPS) is 14.0. The van der Waals surface area contributed by atoms with Crippen LogP contribution in [0.2, 0.25) is 0 Å². The number of benzene rings is 4. The number of nitrogens with zero attached hydrogens (tertiary/aromatic N) is 2. The minimum atomic E-state index is -3.92. The van der Waals surface area contributed by atoms with Crippen molar-refractivity contribution >= 4 is 28.0 Å². The molecule has 1 aliphatic rings. The number of primary sulfonamides is 1. The van der Waals surface area contributed by atoms with Gasteiger partial charge in [0.1, 0.15) is 17.3 Å². The predicted molar refractivity (Wildman–Crippen MR) is 176 cm³/mol. The van der Waals surface area contributed by atoms with Crippen LogP contribution in [0.5, 0.6) is 11.5 Å². The number of aliphatic imine (C=N–C) groups is 1. The Kier molecular flexibility index (Phi) is 10.5. The van der Waals surface area contributed by atoms with Crippen molar-refractivity contribution in [3.63, 3.8) is 0 Å². The molecule has 4 aromatic carbocycles. The van der Waals surface area contributed by atoms with Gasteiger partial charge in [-0.25, -0.2) is 23.1 Å². The molecule has 46 heavy (non-hydrogen) atoms. The van der Waals surface area contributed by atoms with Gasteiger partial charge >= 0.3 is 12.2 Å². The van der Waals surface area contributed by atoms with Gasteiger partial charge in [-0.2, -0.15) is 4.99 Å². The molecule has 1 aliphatic carbocycles. The lowest BCUT2D eigenvalue weighted by Crippen LogP contribution is -2.37. The summed E-state index contributed by atoms with van der Waals surface area (Å²) >= 11 is 0. The number of hydrogen-bond donors (Lipinski definition) is 2. The monoisotopic (exact) mass is 640 g/mol. The lowest BCUT2D eigenvalue weighted by atomic mass is 9.89. The first-order valence-corrected chi connectivity index (χ1v) is 16.6. The molecule has 4 aromatic rings. The smallest absolute Gasteiger partial charge is 0.410 e. The van der Waals surface area contributed by atoms with Gasteiger partial charge in [0.05, 0.1) is 4.90 Å². The summed E-state index contributed by atoms with van der Waals surface area (Å²) in [5.74, 6) is 1.02. The summed E-state index contributed by atoms with van der Waals surface area (Å²) in [5.41, 5.74) is 8.53. The molecule has 0 spiro atoms. The van der Waals surface area contributed by atoms with Gasteiger partial charge in [0.2, 0.25) is 10.0 Å². The van der Waals surface area contributed by atoms with Crippen LogP contribution in [-0.4, -0.2) is 37.9 Å². The van der Waals surface area contributed by atoms with Crippen molar-refractivity contribution in [2.45, 2.75) is 43.5 Å². The summed E-state index contributed by atoms with van der Waals surface area (Å²) < 4.78 is 35.2. The summed E-state index contributed by atoms with van der Waals surface area (Å²) in [6.07, 6.45) is 4.15.